The molecule has 3 fully saturated rings. The lowest BCUT2D eigenvalue weighted by Crippen LogP contribution is -2.56. The standard InChI is InChI=1S/C18H23N3O3S/c1-13-3-4-14(15(11-13)21-25(2,23)24)16(22)20-18-8-5-17(12-19,6-9-18)7-10-18/h3-4,11,21H,5-10H2,1-2H3,(H,20,22). The zero-order chi connectivity index (χ0) is 18.3. The Kier molecular flexibility index (Phi) is 4.28. The van der Waals surface area contributed by atoms with Crippen molar-refractivity contribution in [2.24, 2.45) is 5.41 Å². The minimum absolute atomic E-state index is 0.209. The number of carbonyl (C=O) groups excluding carboxylic acids is 1. The van der Waals surface area contributed by atoms with Crippen LogP contribution in [0.3, 0.4) is 0 Å². The van der Waals surface area contributed by atoms with Gasteiger partial charge in [-0.25, -0.2) is 8.42 Å². The Morgan fingerprint density at radius 1 is 1.16 bits per heavy atom. The van der Waals surface area contributed by atoms with Crippen molar-refractivity contribution in [1.29, 1.82) is 5.26 Å². The summed E-state index contributed by atoms with van der Waals surface area (Å²) >= 11 is 0. The van der Waals surface area contributed by atoms with Crippen LogP contribution in [0.5, 0.6) is 0 Å². The molecule has 1 aromatic rings. The summed E-state index contributed by atoms with van der Waals surface area (Å²) in [6.07, 6.45) is 5.90. The van der Waals surface area contributed by atoms with Crippen LogP contribution in [0.2, 0.25) is 0 Å². The van der Waals surface area contributed by atoms with Crippen molar-refractivity contribution in [1.82, 2.24) is 5.32 Å². The van der Waals surface area contributed by atoms with Crippen molar-refractivity contribution >= 4 is 21.6 Å². The molecule has 0 heterocycles. The lowest BCUT2D eigenvalue weighted by Gasteiger charge is -2.50. The second-order valence-corrected chi connectivity index (χ2v) is 9.30. The van der Waals surface area contributed by atoms with Gasteiger partial charge in [-0.1, -0.05) is 6.07 Å². The normalized spacial score (nSPS) is 28.2. The van der Waals surface area contributed by atoms with E-state index in [1.807, 2.05) is 6.92 Å². The van der Waals surface area contributed by atoms with Gasteiger partial charge in [-0.05, 0) is 63.1 Å². The summed E-state index contributed by atoms with van der Waals surface area (Å²) < 4.78 is 25.6. The number of amides is 1. The average molecular weight is 361 g/mol. The Morgan fingerprint density at radius 3 is 2.28 bits per heavy atom. The Labute approximate surface area is 148 Å². The number of aryl methyl sites for hydroxylation is 1. The number of nitrogens with one attached hydrogen (secondary N) is 2. The third kappa shape index (κ3) is 3.64. The Morgan fingerprint density at radius 2 is 1.76 bits per heavy atom. The number of anilines is 1. The van der Waals surface area contributed by atoms with Crippen LogP contribution >= 0.6 is 0 Å². The number of carbonyl (C=O) groups is 1. The fourth-order valence-corrected chi connectivity index (χ4v) is 4.56. The molecule has 3 aliphatic rings. The molecule has 134 valence electrons. The van der Waals surface area contributed by atoms with Crippen LogP contribution in [-0.4, -0.2) is 26.1 Å². The van der Waals surface area contributed by atoms with Crippen LogP contribution in [0.15, 0.2) is 18.2 Å². The molecule has 0 radical (unpaired) electrons. The van der Waals surface area contributed by atoms with Crippen LogP contribution in [0.1, 0.15) is 54.4 Å². The molecule has 1 aromatic carbocycles. The summed E-state index contributed by atoms with van der Waals surface area (Å²) in [4.78, 5) is 12.9. The van der Waals surface area contributed by atoms with Crippen molar-refractivity contribution in [3.05, 3.63) is 29.3 Å². The van der Waals surface area contributed by atoms with Gasteiger partial charge in [0.15, 0.2) is 0 Å². The van der Waals surface area contributed by atoms with Crippen molar-refractivity contribution in [3.63, 3.8) is 0 Å². The first kappa shape index (κ1) is 17.7. The van der Waals surface area contributed by atoms with E-state index in [0.29, 0.717) is 11.3 Å². The van der Waals surface area contributed by atoms with E-state index in [-0.39, 0.29) is 16.9 Å². The number of sulfonamides is 1. The van der Waals surface area contributed by atoms with Gasteiger partial charge in [0, 0.05) is 5.54 Å². The second kappa shape index (κ2) is 6.03. The lowest BCUT2D eigenvalue weighted by atomic mass is 9.58. The van der Waals surface area contributed by atoms with E-state index in [2.05, 4.69) is 16.1 Å². The van der Waals surface area contributed by atoms with Crippen molar-refractivity contribution in [2.75, 3.05) is 11.0 Å². The van der Waals surface area contributed by atoms with E-state index in [0.717, 1.165) is 50.3 Å². The molecular weight excluding hydrogens is 338 g/mol. The first-order chi connectivity index (χ1) is 11.7. The maximum absolute atomic E-state index is 12.9. The highest BCUT2D eigenvalue weighted by atomic mass is 32.2. The summed E-state index contributed by atoms with van der Waals surface area (Å²) in [7, 11) is -3.47. The summed E-state index contributed by atoms with van der Waals surface area (Å²) in [5, 5.41) is 12.5. The molecule has 2 bridgehead atoms. The maximum Gasteiger partial charge on any atom is 0.253 e. The second-order valence-electron chi connectivity index (χ2n) is 7.55. The number of nitrogens with zero attached hydrogens (tertiary/aromatic N) is 1. The first-order valence-electron chi connectivity index (χ1n) is 8.48. The molecule has 25 heavy (non-hydrogen) atoms. The number of hydrogen-bond acceptors (Lipinski definition) is 4. The van der Waals surface area contributed by atoms with Crippen molar-refractivity contribution in [3.8, 4) is 6.07 Å². The predicted octanol–water partition coefficient (Wildman–Crippen LogP) is 2.71. The van der Waals surface area contributed by atoms with E-state index in [1.54, 1.807) is 18.2 Å². The molecule has 4 rings (SSSR count). The van der Waals surface area contributed by atoms with Gasteiger partial charge in [-0.15, -0.1) is 0 Å². The third-order valence-corrected chi connectivity index (χ3v) is 6.17. The van der Waals surface area contributed by atoms with Crippen LogP contribution in [0.25, 0.3) is 0 Å². The first-order valence-corrected chi connectivity index (χ1v) is 10.4. The summed E-state index contributed by atoms with van der Waals surface area (Å²) in [5.41, 5.74) is 1.01. The molecule has 3 aliphatic carbocycles. The number of hydrogen-bond donors (Lipinski definition) is 2. The molecule has 6 nitrogen and oxygen atoms in total. The molecule has 0 aliphatic heterocycles. The van der Waals surface area contributed by atoms with Crippen LogP contribution in [0, 0.1) is 23.7 Å². The van der Waals surface area contributed by atoms with Gasteiger partial charge in [-0.3, -0.25) is 9.52 Å². The number of benzene rings is 1. The SMILES string of the molecule is Cc1ccc(C(=O)NC23CCC(C#N)(CC2)CC3)c(NS(C)(=O)=O)c1. The zero-order valence-corrected chi connectivity index (χ0v) is 15.4. The number of nitriles is 1. The molecule has 1 amide bonds. The maximum atomic E-state index is 12.9. The zero-order valence-electron chi connectivity index (χ0n) is 14.6. The van der Waals surface area contributed by atoms with Gasteiger partial charge in [0.2, 0.25) is 10.0 Å². The van der Waals surface area contributed by atoms with Gasteiger partial charge in [0.25, 0.3) is 5.91 Å². The van der Waals surface area contributed by atoms with Crippen LogP contribution in [0.4, 0.5) is 5.69 Å². The Bertz CT molecular complexity index is 830. The van der Waals surface area contributed by atoms with Crippen LogP contribution in [-0.2, 0) is 10.0 Å². The van der Waals surface area contributed by atoms with Crippen LogP contribution < -0.4 is 10.0 Å². The minimum Gasteiger partial charge on any atom is -0.347 e. The van der Waals surface area contributed by atoms with Crippen molar-refractivity contribution in [2.45, 2.75) is 51.0 Å². The molecule has 0 unspecified atom stereocenters. The quantitative estimate of drug-likeness (QED) is 0.861. The summed E-state index contributed by atoms with van der Waals surface area (Å²) in [5.74, 6) is -0.266. The lowest BCUT2D eigenvalue weighted by molar-refractivity contribution is 0.0522. The molecule has 0 saturated heterocycles. The highest BCUT2D eigenvalue weighted by Gasteiger charge is 2.49. The Hall–Kier alpha value is -2.07. The fourth-order valence-electron chi connectivity index (χ4n) is 3.99. The molecule has 2 N–H and O–H groups in total. The van der Waals surface area contributed by atoms with Gasteiger partial charge < -0.3 is 5.32 Å². The molecule has 0 spiro atoms. The highest BCUT2D eigenvalue weighted by molar-refractivity contribution is 7.92. The third-order valence-electron chi connectivity index (χ3n) is 5.58. The van der Waals surface area contributed by atoms with E-state index in [9.17, 15) is 18.5 Å². The average Bonchev–Trinajstić information content (AvgIpc) is 2.55. The Balaban J connectivity index is 1.82. The van der Waals surface area contributed by atoms with E-state index >= 15 is 0 Å². The monoisotopic (exact) mass is 361 g/mol. The molecule has 3 saturated carbocycles. The largest absolute Gasteiger partial charge is 0.347 e. The molecule has 0 atom stereocenters. The fraction of sp³-hybridized carbons (Fsp3) is 0.556. The molecular formula is C18H23N3O3S. The summed E-state index contributed by atoms with van der Waals surface area (Å²) in [6.45, 7) is 1.84. The van der Waals surface area contributed by atoms with Gasteiger partial charge in [0.1, 0.15) is 0 Å². The molecule has 0 aromatic heterocycles. The molecule has 7 heteroatoms. The highest BCUT2D eigenvalue weighted by Crippen LogP contribution is 2.52. The van der Waals surface area contributed by atoms with Gasteiger partial charge >= 0.3 is 0 Å². The summed E-state index contributed by atoms with van der Waals surface area (Å²) in [6, 6.07) is 7.57. The predicted molar refractivity (Wildman–Crippen MR) is 95.6 cm³/mol. The van der Waals surface area contributed by atoms with E-state index < -0.39 is 10.0 Å². The minimum atomic E-state index is -3.47. The van der Waals surface area contributed by atoms with Crippen molar-refractivity contribution < 1.29 is 13.2 Å². The topological polar surface area (TPSA) is 99.1 Å². The van der Waals surface area contributed by atoms with Gasteiger partial charge in [-0.2, -0.15) is 5.26 Å². The number of rotatable bonds is 4. The smallest absolute Gasteiger partial charge is 0.253 e. The number of fused-ring (bicyclic) bond motifs is 3. The van der Waals surface area contributed by atoms with E-state index in [1.165, 1.54) is 0 Å². The van der Waals surface area contributed by atoms with Gasteiger partial charge in [0.05, 0.1) is 29.0 Å². The van der Waals surface area contributed by atoms with E-state index in [4.69, 9.17) is 0 Å².